The second-order valence-electron chi connectivity index (χ2n) is 4.85. The highest BCUT2D eigenvalue weighted by molar-refractivity contribution is 5.95. The monoisotopic (exact) mass is 262 g/mol. The summed E-state index contributed by atoms with van der Waals surface area (Å²) in [6.45, 7) is 1.19. The normalized spacial score (nSPS) is 19.7. The molecule has 2 heterocycles. The molecule has 19 heavy (non-hydrogen) atoms. The number of nitrogens with zero attached hydrogens (tertiary/aromatic N) is 3. The van der Waals surface area contributed by atoms with Crippen LogP contribution in [-0.4, -0.2) is 57.5 Å². The van der Waals surface area contributed by atoms with E-state index in [1.807, 2.05) is 4.90 Å². The van der Waals surface area contributed by atoms with E-state index in [1.165, 1.54) is 17.0 Å². The van der Waals surface area contributed by atoms with Gasteiger partial charge in [0, 0.05) is 25.2 Å². The van der Waals surface area contributed by atoms with Gasteiger partial charge in [-0.1, -0.05) is 0 Å². The molecule has 0 unspecified atom stereocenters. The smallest absolute Gasteiger partial charge is 0.274 e. The Bertz CT molecular complexity index is 558. The van der Waals surface area contributed by atoms with Gasteiger partial charge in [0.15, 0.2) is 0 Å². The second kappa shape index (κ2) is 4.49. The molecule has 0 radical (unpaired) electrons. The summed E-state index contributed by atoms with van der Waals surface area (Å²) >= 11 is 0. The van der Waals surface area contributed by atoms with E-state index in [0.29, 0.717) is 19.1 Å². The van der Waals surface area contributed by atoms with Crippen molar-refractivity contribution in [2.75, 3.05) is 19.6 Å². The third kappa shape index (κ3) is 2.35. The molecule has 0 aromatic carbocycles. The molecule has 1 N–H and O–H groups in total. The second-order valence-corrected chi connectivity index (χ2v) is 4.85. The van der Waals surface area contributed by atoms with Gasteiger partial charge in [-0.25, -0.2) is 5.10 Å². The molecule has 0 bridgehead atoms. The van der Waals surface area contributed by atoms with Crippen molar-refractivity contribution in [2.24, 2.45) is 0 Å². The molecule has 2 fully saturated rings. The highest BCUT2D eigenvalue weighted by atomic mass is 16.2. The molecular formula is C12H14N4O3. The number of carbonyl (C=O) groups excluding carboxylic acids is 2. The third-order valence-corrected chi connectivity index (χ3v) is 3.43. The molecule has 7 heteroatoms. The largest absolute Gasteiger partial charge is 0.336 e. The molecule has 0 atom stereocenters. The minimum Gasteiger partial charge on any atom is -0.336 e. The zero-order valence-electron chi connectivity index (χ0n) is 10.3. The topological polar surface area (TPSA) is 86.4 Å². The number of rotatable bonds is 2. The summed E-state index contributed by atoms with van der Waals surface area (Å²) in [4.78, 5) is 38.3. The number of piperazine rings is 1. The fourth-order valence-electron chi connectivity index (χ4n) is 2.26. The van der Waals surface area contributed by atoms with Gasteiger partial charge in [0.2, 0.25) is 5.91 Å². The Balaban J connectivity index is 1.69. The van der Waals surface area contributed by atoms with Crippen LogP contribution >= 0.6 is 0 Å². The van der Waals surface area contributed by atoms with Crippen LogP contribution in [0.15, 0.2) is 16.9 Å². The summed E-state index contributed by atoms with van der Waals surface area (Å²) in [6.07, 6.45) is 2.14. The van der Waals surface area contributed by atoms with Crippen LogP contribution in [0.1, 0.15) is 23.3 Å². The van der Waals surface area contributed by atoms with Crippen LogP contribution in [0, 0.1) is 0 Å². The summed E-state index contributed by atoms with van der Waals surface area (Å²) in [7, 11) is 0. The van der Waals surface area contributed by atoms with E-state index in [2.05, 4.69) is 10.2 Å². The number of H-pyrrole nitrogens is 1. The Morgan fingerprint density at radius 2 is 2.05 bits per heavy atom. The molecule has 1 saturated heterocycles. The lowest BCUT2D eigenvalue weighted by molar-refractivity contribution is -0.135. The van der Waals surface area contributed by atoms with Crippen molar-refractivity contribution >= 4 is 11.8 Å². The SMILES string of the molecule is O=C(c1ccc(=O)[nH]n1)N1CCN(C2CC2)C(=O)C1. The van der Waals surface area contributed by atoms with Crippen molar-refractivity contribution in [3.63, 3.8) is 0 Å². The first-order valence-electron chi connectivity index (χ1n) is 6.29. The van der Waals surface area contributed by atoms with Gasteiger partial charge in [0.25, 0.3) is 11.5 Å². The Hall–Kier alpha value is -2.18. The van der Waals surface area contributed by atoms with Crippen molar-refractivity contribution in [3.05, 3.63) is 28.2 Å². The molecule has 0 spiro atoms. The van der Waals surface area contributed by atoms with Crippen LogP contribution in [0.5, 0.6) is 0 Å². The molecule has 1 aliphatic carbocycles. The predicted octanol–water partition coefficient (Wildman–Crippen LogP) is -0.783. The van der Waals surface area contributed by atoms with Crippen LogP contribution in [0.4, 0.5) is 0 Å². The number of aromatic nitrogens is 2. The zero-order valence-corrected chi connectivity index (χ0v) is 10.3. The van der Waals surface area contributed by atoms with E-state index in [9.17, 15) is 14.4 Å². The van der Waals surface area contributed by atoms with E-state index >= 15 is 0 Å². The van der Waals surface area contributed by atoms with Gasteiger partial charge >= 0.3 is 0 Å². The molecule has 3 rings (SSSR count). The summed E-state index contributed by atoms with van der Waals surface area (Å²) < 4.78 is 0. The number of nitrogens with one attached hydrogen (secondary N) is 1. The lowest BCUT2D eigenvalue weighted by Gasteiger charge is -2.34. The minimum absolute atomic E-state index is 0.00785. The average molecular weight is 262 g/mol. The van der Waals surface area contributed by atoms with E-state index in [4.69, 9.17) is 0 Å². The van der Waals surface area contributed by atoms with Gasteiger partial charge in [-0.15, -0.1) is 0 Å². The van der Waals surface area contributed by atoms with Gasteiger partial charge in [-0.2, -0.15) is 5.10 Å². The van der Waals surface area contributed by atoms with E-state index < -0.39 is 0 Å². The fraction of sp³-hybridized carbons (Fsp3) is 0.500. The number of carbonyl (C=O) groups is 2. The van der Waals surface area contributed by atoms with Gasteiger partial charge in [0.05, 0.1) is 0 Å². The van der Waals surface area contributed by atoms with Crippen molar-refractivity contribution < 1.29 is 9.59 Å². The van der Waals surface area contributed by atoms with Gasteiger partial charge in [-0.3, -0.25) is 14.4 Å². The Morgan fingerprint density at radius 1 is 1.26 bits per heavy atom. The molecule has 1 aromatic heterocycles. The third-order valence-electron chi connectivity index (χ3n) is 3.43. The molecule has 100 valence electrons. The first kappa shape index (κ1) is 11.9. The Kier molecular flexibility index (Phi) is 2.81. The fourth-order valence-corrected chi connectivity index (χ4v) is 2.26. The van der Waals surface area contributed by atoms with Crippen LogP contribution in [-0.2, 0) is 4.79 Å². The lowest BCUT2D eigenvalue weighted by atomic mass is 10.2. The van der Waals surface area contributed by atoms with Crippen LogP contribution in [0.25, 0.3) is 0 Å². The maximum Gasteiger partial charge on any atom is 0.274 e. The summed E-state index contributed by atoms with van der Waals surface area (Å²) in [5.41, 5.74) is -0.196. The molecule has 1 aromatic rings. The van der Waals surface area contributed by atoms with Crippen LogP contribution in [0.3, 0.4) is 0 Å². The van der Waals surface area contributed by atoms with Crippen LogP contribution in [0.2, 0.25) is 0 Å². The highest BCUT2D eigenvalue weighted by Crippen LogP contribution is 2.28. The summed E-state index contributed by atoms with van der Waals surface area (Å²) in [5, 5.41) is 5.91. The average Bonchev–Trinajstić information content (AvgIpc) is 3.23. The maximum absolute atomic E-state index is 12.1. The highest BCUT2D eigenvalue weighted by Gasteiger charge is 2.37. The Morgan fingerprint density at radius 3 is 2.63 bits per heavy atom. The first-order chi connectivity index (χ1) is 9.15. The molecule has 1 aliphatic heterocycles. The molecule has 2 aliphatic rings. The molecule has 7 nitrogen and oxygen atoms in total. The first-order valence-corrected chi connectivity index (χ1v) is 6.29. The van der Waals surface area contributed by atoms with Crippen molar-refractivity contribution in [1.82, 2.24) is 20.0 Å². The maximum atomic E-state index is 12.1. The summed E-state index contributed by atoms with van der Waals surface area (Å²) in [5.74, 6) is -0.327. The standard InChI is InChI=1S/C12H14N4O3/c17-10-4-3-9(13-14-10)12(19)15-5-6-16(8-1-2-8)11(18)7-15/h3-4,8H,1-2,5-7H2,(H,14,17). The quantitative estimate of drug-likeness (QED) is 0.757. The number of amides is 2. The van der Waals surface area contributed by atoms with Crippen LogP contribution < -0.4 is 5.56 Å². The van der Waals surface area contributed by atoms with Crippen molar-refractivity contribution in [2.45, 2.75) is 18.9 Å². The lowest BCUT2D eigenvalue weighted by Crippen LogP contribution is -2.53. The van der Waals surface area contributed by atoms with Crippen molar-refractivity contribution in [1.29, 1.82) is 0 Å². The van der Waals surface area contributed by atoms with Crippen molar-refractivity contribution in [3.8, 4) is 0 Å². The molecular weight excluding hydrogens is 248 g/mol. The van der Waals surface area contributed by atoms with Gasteiger partial charge in [-0.05, 0) is 18.9 Å². The van der Waals surface area contributed by atoms with Gasteiger partial charge in [0.1, 0.15) is 12.2 Å². The number of aromatic amines is 1. The number of hydrogen-bond donors (Lipinski definition) is 1. The summed E-state index contributed by atoms with van der Waals surface area (Å²) in [6, 6.07) is 3.01. The minimum atomic E-state index is -0.355. The Labute approximate surface area is 109 Å². The van der Waals surface area contributed by atoms with E-state index in [0.717, 1.165) is 12.8 Å². The van der Waals surface area contributed by atoms with E-state index in [1.54, 1.807) is 0 Å². The zero-order chi connectivity index (χ0) is 13.4. The number of hydrogen-bond acceptors (Lipinski definition) is 4. The molecule has 1 saturated carbocycles. The molecule has 2 amide bonds. The van der Waals surface area contributed by atoms with E-state index in [-0.39, 0.29) is 29.6 Å². The van der Waals surface area contributed by atoms with Gasteiger partial charge < -0.3 is 9.80 Å². The predicted molar refractivity (Wildman–Crippen MR) is 65.5 cm³/mol.